The number of aromatic nitrogens is 2. The summed E-state index contributed by atoms with van der Waals surface area (Å²) in [6, 6.07) is 9.76. The Morgan fingerprint density at radius 2 is 2.16 bits per heavy atom. The number of nitrogens with one attached hydrogen (secondary N) is 1. The lowest BCUT2D eigenvalue weighted by molar-refractivity contribution is 0.279. The predicted octanol–water partition coefficient (Wildman–Crippen LogP) is 3.04. The highest BCUT2D eigenvalue weighted by Gasteiger charge is 2.09. The lowest BCUT2D eigenvalue weighted by Crippen LogP contribution is -2.21. The Kier molecular flexibility index (Phi) is 5.82. The third-order valence-electron chi connectivity index (χ3n) is 3.95. The first-order valence-electron chi connectivity index (χ1n) is 8.43. The van der Waals surface area contributed by atoms with Crippen molar-refractivity contribution in [1.82, 2.24) is 14.7 Å². The van der Waals surface area contributed by atoms with Gasteiger partial charge in [0.2, 0.25) is 0 Å². The fourth-order valence-electron chi connectivity index (χ4n) is 2.73. The van der Waals surface area contributed by atoms with Gasteiger partial charge in [-0.3, -0.25) is 0 Å². The molecule has 0 aliphatic rings. The summed E-state index contributed by atoms with van der Waals surface area (Å²) >= 11 is 0. The van der Waals surface area contributed by atoms with Gasteiger partial charge in [0.25, 0.3) is 0 Å². The lowest BCUT2D eigenvalue weighted by atomic mass is 10.0. The summed E-state index contributed by atoms with van der Waals surface area (Å²) in [6.07, 6.45) is 8.56. The van der Waals surface area contributed by atoms with Crippen LogP contribution in [-0.4, -0.2) is 34.2 Å². The monoisotopic (exact) mass is 337 g/mol. The van der Waals surface area contributed by atoms with Crippen LogP contribution >= 0.6 is 0 Å². The van der Waals surface area contributed by atoms with Gasteiger partial charge in [0.05, 0.1) is 6.61 Å². The first kappa shape index (κ1) is 17.2. The molecule has 0 amide bonds. The summed E-state index contributed by atoms with van der Waals surface area (Å²) < 4.78 is 7.83. The number of ether oxygens (including phenoxy) is 1. The first-order valence-corrected chi connectivity index (χ1v) is 8.43. The highest BCUT2D eigenvalue weighted by Crippen LogP contribution is 2.29. The van der Waals surface area contributed by atoms with Gasteiger partial charge in [-0.05, 0) is 54.4 Å². The Labute approximate surface area is 147 Å². The van der Waals surface area contributed by atoms with Gasteiger partial charge in [0.15, 0.2) is 0 Å². The number of fused-ring (bicyclic) bond motifs is 1. The minimum atomic E-state index is -0.0268. The summed E-state index contributed by atoms with van der Waals surface area (Å²) in [7, 11) is 0. The maximum atomic E-state index is 9.57. The van der Waals surface area contributed by atoms with Crippen LogP contribution in [0.25, 0.3) is 16.8 Å². The molecule has 0 saturated carbocycles. The second kappa shape index (κ2) is 8.46. The summed E-state index contributed by atoms with van der Waals surface area (Å²) in [5, 5.41) is 12.9. The van der Waals surface area contributed by atoms with Crippen molar-refractivity contribution in [2.45, 2.75) is 13.0 Å². The van der Waals surface area contributed by atoms with Crippen molar-refractivity contribution in [3.05, 3.63) is 67.1 Å². The molecular formula is C20H23N3O2. The van der Waals surface area contributed by atoms with E-state index in [0.29, 0.717) is 6.61 Å². The van der Waals surface area contributed by atoms with E-state index in [-0.39, 0.29) is 6.61 Å². The normalized spacial score (nSPS) is 10.9. The topological polar surface area (TPSA) is 58.8 Å². The first-order chi connectivity index (χ1) is 12.3. The standard InChI is InChI=1S/C20H23N3O2/c1-2-3-6-21-8-11-25-18-13-16(15-24)12-17(14-18)19-5-10-23-9-4-7-22-20(19)23/h2,4-5,7,9-10,12-14,21,24H,1,3,6,8,11,15H2. The number of rotatable bonds is 9. The van der Waals surface area contributed by atoms with Crippen LogP contribution in [0.15, 0.2) is 61.6 Å². The zero-order valence-corrected chi connectivity index (χ0v) is 14.2. The second-order valence-corrected chi connectivity index (χ2v) is 5.78. The molecule has 1 aromatic carbocycles. The van der Waals surface area contributed by atoms with Gasteiger partial charge in [-0.2, -0.15) is 0 Å². The molecule has 25 heavy (non-hydrogen) atoms. The van der Waals surface area contributed by atoms with E-state index in [0.717, 1.165) is 47.6 Å². The average molecular weight is 337 g/mol. The minimum absolute atomic E-state index is 0.0268. The maximum absolute atomic E-state index is 9.57. The molecule has 0 fully saturated rings. The van der Waals surface area contributed by atoms with Crippen LogP contribution in [0.1, 0.15) is 12.0 Å². The number of aliphatic hydroxyl groups is 1. The van der Waals surface area contributed by atoms with Crippen LogP contribution < -0.4 is 10.1 Å². The molecule has 2 N–H and O–H groups in total. The molecule has 0 aliphatic carbocycles. The van der Waals surface area contributed by atoms with Crippen molar-refractivity contribution in [3.63, 3.8) is 0 Å². The Hall–Kier alpha value is -2.63. The molecule has 3 rings (SSSR count). The van der Waals surface area contributed by atoms with Crippen molar-refractivity contribution in [3.8, 4) is 16.9 Å². The van der Waals surface area contributed by atoms with Crippen LogP contribution in [0, 0.1) is 0 Å². The van der Waals surface area contributed by atoms with E-state index in [1.165, 1.54) is 0 Å². The number of nitrogens with zero attached hydrogens (tertiary/aromatic N) is 2. The summed E-state index contributed by atoms with van der Waals surface area (Å²) in [4.78, 5) is 4.45. The molecule has 0 radical (unpaired) electrons. The molecule has 0 saturated heterocycles. The van der Waals surface area contributed by atoms with Gasteiger partial charge in [0, 0.05) is 30.7 Å². The number of aliphatic hydroxyl groups excluding tert-OH is 1. The van der Waals surface area contributed by atoms with E-state index in [1.807, 2.05) is 53.2 Å². The Balaban J connectivity index is 1.77. The quantitative estimate of drug-likeness (QED) is 0.465. The molecule has 3 aromatic rings. The van der Waals surface area contributed by atoms with Gasteiger partial charge in [0.1, 0.15) is 18.0 Å². The van der Waals surface area contributed by atoms with Crippen molar-refractivity contribution in [1.29, 1.82) is 0 Å². The van der Waals surface area contributed by atoms with E-state index >= 15 is 0 Å². The Morgan fingerprint density at radius 3 is 3.00 bits per heavy atom. The largest absolute Gasteiger partial charge is 0.492 e. The predicted molar refractivity (Wildman–Crippen MR) is 99.7 cm³/mol. The molecule has 0 aliphatic heterocycles. The average Bonchev–Trinajstić information content (AvgIpc) is 3.08. The minimum Gasteiger partial charge on any atom is -0.492 e. The van der Waals surface area contributed by atoms with Gasteiger partial charge in [-0.1, -0.05) is 6.08 Å². The summed E-state index contributed by atoms with van der Waals surface area (Å²) in [5.41, 5.74) is 3.71. The van der Waals surface area contributed by atoms with Crippen molar-refractivity contribution < 1.29 is 9.84 Å². The van der Waals surface area contributed by atoms with Crippen molar-refractivity contribution in [2.75, 3.05) is 19.7 Å². The highest BCUT2D eigenvalue weighted by atomic mass is 16.5. The number of hydrogen-bond acceptors (Lipinski definition) is 4. The van der Waals surface area contributed by atoms with Crippen LogP contribution in [0.2, 0.25) is 0 Å². The van der Waals surface area contributed by atoms with E-state index < -0.39 is 0 Å². The zero-order valence-electron chi connectivity index (χ0n) is 14.2. The summed E-state index contributed by atoms with van der Waals surface area (Å²) in [6.45, 7) is 5.91. The van der Waals surface area contributed by atoms with Gasteiger partial charge >= 0.3 is 0 Å². The zero-order chi connectivity index (χ0) is 17.5. The van der Waals surface area contributed by atoms with Gasteiger partial charge < -0.3 is 19.6 Å². The van der Waals surface area contributed by atoms with Crippen LogP contribution in [0.3, 0.4) is 0 Å². The third-order valence-corrected chi connectivity index (χ3v) is 3.95. The molecule has 5 nitrogen and oxygen atoms in total. The Bertz CT molecular complexity index is 842. The van der Waals surface area contributed by atoms with E-state index in [4.69, 9.17) is 4.74 Å². The molecule has 0 spiro atoms. The summed E-state index contributed by atoms with van der Waals surface area (Å²) in [5.74, 6) is 0.752. The molecule has 2 heterocycles. The highest BCUT2D eigenvalue weighted by molar-refractivity contribution is 5.79. The van der Waals surface area contributed by atoms with Crippen LogP contribution in [-0.2, 0) is 6.61 Å². The van der Waals surface area contributed by atoms with E-state index in [1.54, 1.807) is 6.20 Å². The molecular weight excluding hydrogens is 314 g/mol. The molecule has 0 bridgehead atoms. The Morgan fingerprint density at radius 1 is 1.24 bits per heavy atom. The smallest absolute Gasteiger partial charge is 0.144 e. The van der Waals surface area contributed by atoms with Crippen LogP contribution in [0.4, 0.5) is 0 Å². The van der Waals surface area contributed by atoms with Crippen LogP contribution in [0.5, 0.6) is 5.75 Å². The molecule has 2 aromatic heterocycles. The molecule has 0 atom stereocenters. The lowest BCUT2D eigenvalue weighted by Gasteiger charge is -2.11. The maximum Gasteiger partial charge on any atom is 0.144 e. The molecule has 130 valence electrons. The number of benzene rings is 1. The molecule has 5 heteroatoms. The van der Waals surface area contributed by atoms with Gasteiger partial charge in [-0.25, -0.2) is 4.98 Å². The second-order valence-electron chi connectivity index (χ2n) is 5.78. The van der Waals surface area contributed by atoms with Crippen molar-refractivity contribution >= 4 is 5.65 Å². The number of hydrogen-bond donors (Lipinski definition) is 2. The van der Waals surface area contributed by atoms with Gasteiger partial charge in [-0.15, -0.1) is 6.58 Å². The van der Waals surface area contributed by atoms with E-state index in [2.05, 4.69) is 16.9 Å². The third kappa shape index (κ3) is 4.26. The van der Waals surface area contributed by atoms with Crippen molar-refractivity contribution in [2.24, 2.45) is 0 Å². The molecule has 0 unspecified atom stereocenters. The fraction of sp³-hybridized carbons (Fsp3) is 0.250. The SMILES string of the molecule is C=CCCNCCOc1cc(CO)cc(-c2ccn3cccnc23)c1. The van der Waals surface area contributed by atoms with E-state index in [9.17, 15) is 5.11 Å². The fourth-order valence-corrected chi connectivity index (χ4v) is 2.73.